The van der Waals surface area contributed by atoms with Crippen molar-refractivity contribution in [3.63, 3.8) is 0 Å². The van der Waals surface area contributed by atoms with E-state index in [0.717, 1.165) is 18.2 Å². The third kappa shape index (κ3) is 5.55. The molecule has 0 saturated heterocycles. The monoisotopic (exact) mass is 388 g/mol. The Hall–Kier alpha value is -3.39. The van der Waals surface area contributed by atoms with Crippen LogP contribution in [0.1, 0.15) is 25.5 Å². The van der Waals surface area contributed by atoms with Gasteiger partial charge in [0.2, 0.25) is 0 Å². The number of carbonyl (C=O) groups is 2. The normalized spacial score (nSPS) is 12.4. The third-order valence-corrected chi connectivity index (χ3v) is 3.97. The van der Waals surface area contributed by atoms with Crippen molar-refractivity contribution in [3.8, 4) is 5.75 Å². The number of ether oxygens (including phenoxy) is 1. The standard InChI is InChI=1S/C20H21FN2O5/c1-20(2,11-10-17(25)23-27)18(13-8-9-16(24)15(21)12-13)28-19(26)22-14-6-4-3-5-7-14/h3-12,18,24,27H,1-2H3,(H,22,26)(H,23,25)/b11-10+/t18-/m1/s1. The van der Waals surface area contributed by atoms with Gasteiger partial charge in [-0.3, -0.25) is 15.3 Å². The van der Waals surface area contributed by atoms with E-state index in [-0.39, 0.29) is 5.56 Å². The van der Waals surface area contributed by atoms with Gasteiger partial charge < -0.3 is 9.84 Å². The number of amides is 2. The molecular weight excluding hydrogens is 367 g/mol. The molecule has 0 aliphatic rings. The number of halogens is 1. The van der Waals surface area contributed by atoms with Crippen LogP contribution in [-0.2, 0) is 9.53 Å². The summed E-state index contributed by atoms with van der Waals surface area (Å²) < 4.78 is 19.4. The molecule has 0 bridgehead atoms. The lowest BCUT2D eigenvalue weighted by atomic mass is 9.82. The Morgan fingerprint density at radius 3 is 2.46 bits per heavy atom. The number of hydrogen-bond donors (Lipinski definition) is 4. The molecule has 0 fully saturated rings. The number of carbonyl (C=O) groups excluding carboxylic acids is 2. The van der Waals surface area contributed by atoms with E-state index in [4.69, 9.17) is 9.94 Å². The second-order valence-electron chi connectivity index (χ2n) is 6.62. The van der Waals surface area contributed by atoms with E-state index in [1.54, 1.807) is 44.2 Å². The molecule has 2 aromatic carbocycles. The van der Waals surface area contributed by atoms with Gasteiger partial charge in [0.25, 0.3) is 5.91 Å². The van der Waals surface area contributed by atoms with Gasteiger partial charge in [-0.1, -0.05) is 44.2 Å². The smallest absolute Gasteiger partial charge is 0.412 e. The van der Waals surface area contributed by atoms with Crippen molar-refractivity contribution in [3.05, 3.63) is 72.1 Å². The van der Waals surface area contributed by atoms with Crippen LogP contribution >= 0.6 is 0 Å². The number of phenols is 1. The molecule has 0 saturated carbocycles. The van der Waals surface area contributed by atoms with Gasteiger partial charge in [-0.05, 0) is 29.8 Å². The minimum Gasteiger partial charge on any atom is -0.505 e. The SMILES string of the molecule is CC(C)(/C=C/C(=O)NO)[C@H](OC(=O)Nc1ccccc1)c1ccc(O)c(F)c1. The lowest BCUT2D eigenvalue weighted by Gasteiger charge is -2.31. The molecule has 0 aliphatic heterocycles. The van der Waals surface area contributed by atoms with Gasteiger partial charge in [0.15, 0.2) is 11.6 Å². The van der Waals surface area contributed by atoms with Crippen LogP contribution < -0.4 is 10.8 Å². The Kier molecular flexibility index (Phi) is 6.73. The summed E-state index contributed by atoms with van der Waals surface area (Å²) in [6, 6.07) is 12.2. The van der Waals surface area contributed by atoms with Gasteiger partial charge >= 0.3 is 6.09 Å². The Bertz CT molecular complexity index is 868. The lowest BCUT2D eigenvalue weighted by molar-refractivity contribution is -0.124. The molecule has 0 unspecified atom stereocenters. The summed E-state index contributed by atoms with van der Waals surface area (Å²) in [4.78, 5) is 23.7. The zero-order chi connectivity index (χ0) is 20.7. The Balaban J connectivity index is 2.32. The molecule has 1 atom stereocenters. The first-order valence-electron chi connectivity index (χ1n) is 8.37. The predicted octanol–water partition coefficient (Wildman–Crippen LogP) is 3.91. The van der Waals surface area contributed by atoms with E-state index in [0.29, 0.717) is 5.69 Å². The molecule has 0 spiro atoms. The number of anilines is 1. The minimum atomic E-state index is -1.01. The van der Waals surface area contributed by atoms with Crippen LogP contribution in [0.4, 0.5) is 14.9 Å². The molecule has 148 valence electrons. The summed E-state index contributed by atoms with van der Waals surface area (Å²) in [5.41, 5.74) is 1.28. The predicted molar refractivity (Wildman–Crippen MR) is 100 cm³/mol. The first-order valence-corrected chi connectivity index (χ1v) is 8.37. The Labute approximate surface area is 161 Å². The number of aromatic hydroxyl groups is 1. The number of rotatable bonds is 6. The number of benzene rings is 2. The number of hydroxylamine groups is 1. The van der Waals surface area contributed by atoms with E-state index in [2.05, 4.69) is 5.32 Å². The third-order valence-electron chi connectivity index (χ3n) is 3.97. The van der Waals surface area contributed by atoms with Crippen molar-refractivity contribution < 1.29 is 29.0 Å². The van der Waals surface area contributed by atoms with E-state index in [1.165, 1.54) is 17.6 Å². The molecule has 28 heavy (non-hydrogen) atoms. The molecule has 0 radical (unpaired) electrons. The molecule has 7 nitrogen and oxygen atoms in total. The van der Waals surface area contributed by atoms with E-state index < -0.39 is 35.1 Å². The van der Waals surface area contributed by atoms with Gasteiger partial charge in [-0.2, -0.15) is 0 Å². The van der Waals surface area contributed by atoms with Crippen LogP contribution in [0.3, 0.4) is 0 Å². The quantitative estimate of drug-likeness (QED) is 0.341. The largest absolute Gasteiger partial charge is 0.505 e. The zero-order valence-electron chi connectivity index (χ0n) is 15.3. The zero-order valence-corrected chi connectivity index (χ0v) is 15.3. The molecule has 0 aliphatic carbocycles. The fourth-order valence-corrected chi connectivity index (χ4v) is 2.53. The molecule has 2 amide bonds. The fraction of sp³-hybridized carbons (Fsp3) is 0.200. The van der Waals surface area contributed by atoms with Gasteiger partial charge in [-0.25, -0.2) is 14.7 Å². The molecular formula is C20H21FN2O5. The van der Waals surface area contributed by atoms with E-state index in [1.807, 2.05) is 0 Å². The average molecular weight is 388 g/mol. The molecule has 2 rings (SSSR count). The highest BCUT2D eigenvalue weighted by Gasteiger charge is 2.33. The summed E-state index contributed by atoms with van der Waals surface area (Å²) in [6.45, 7) is 3.33. The highest BCUT2D eigenvalue weighted by molar-refractivity contribution is 5.86. The van der Waals surface area contributed by atoms with Gasteiger partial charge in [-0.15, -0.1) is 0 Å². The number of para-hydroxylation sites is 1. The maximum atomic E-state index is 13.9. The van der Waals surface area contributed by atoms with E-state index >= 15 is 0 Å². The molecule has 0 aromatic heterocycles. The van der Waals surface area contributed by atoms with Crippen molar-refractivity contribution in [1.82, 2.24) is 5.48 Å². The Morgan fingerprint density at radius 2 is 1.86 bits per heavy atom. The maximum absolute atomic E-state index is 13.9. The van der Waals surface area contributed by atoms with Crippen molar-refractivity contribution in [2.45, 2.75) is 20.0 Å². The van der Waals surface area contributed by atoms with Gasteiger partial charge in [0.1, 0.15) is 6.10 Å². The second-order valence-corrected chi connectivity index (χ2v) is 6.62. The van der Waals surface area contributed by atoms with Crippen molar-refractivity contribution in [1.29, 1.82) is 0 Å². The number of phenolic OH excluding ortho intramolecular Hbond substituents is 1. The summed E-state index contributed by atoms with van der Waals surface area (Å²) in [7, 11) is 0. The fourth-order valence-electron chi connectivity index (χ4n) is 2.53. The highest BCUT2D eigenvalue weighted by Crippen LogP contribution is 2.39. The van der Waals surface area contributed by atoms with Crippen LogP contribution in [0.5, 0.6) is 5.75 Å². The average Bonchev–Trinajstić information content (AvgIpc) is 2.67. The highest BCUT2D eigenvalue weighted by atomic mass is 19.1. The van der Waals surface area contributed by atoms with Gasteiger partial charge in [0.05, 0.1) is 0 Å². The first kappa shape index (κ1) is 20.9. The molecule has 8 heteroatoms. The minimum absolute atomic E-state index is 0.276. The van der Waals surface area contributed by atoms with Crippen LogP contribution in [0.2, 0.25) is 0 Å². The van der Waals surface area contributed by atoms with Crippen LogP contribution in [0.15, 0.2) is 60.7 Å². The number of nitrogens with one attached hydrogen (secondary N) is 2. The van der Waals surface area contributed by atoms with Crippen molar-refractivity contribution >= 4 is 17.7 Å². The maximum Gasteiger partial charge on any atom is 0.412 e. The topological polar surface area (TPSA) is 108 Å². The summed E-state index contributed by atoms with van der Waals surface area (Å²) >= 11 is 0. The van der Waals surface area contributed by atoms with E-state index in [9.17, 15) is 19.1 Å². The van der Waals surface area contributed by atoms with Crippen molar-refractivity contribution in [2.24, 2.45) is 5.41 Å². The van der Waals surface area contributed by atoms with Crippen LogP contribution in [0, 0.1) is 11.2 Å². The lowest BCUT2D eigenvalue weighted by Crippen LogP contribution is -2.28. The van der Waals surface area contributed by atoms with Crippen molar-refractivity contribution in [2.75, 3.05) is 5.32 Å². The molecule has 4 N–H and O–H groups in total. The molecule has 2 aromatic rings. The molecule has 0 heterocycles. The first-order chi connectivity index (χ1) is 13.2. The van der Waals surface area contributed by atoms with Crippen LogP contribution in [-0.4, -0.2) is 22.3 Å². The summed E-state index contributed by atoms with van der Waals surface area (Å²) in [5, 5.41) is 20.6. The Morgan fingerprint density at radius 1 is 1.18 bits per heavy atom. The second kappa shape index (κ2) is 9.01. The summed E-state index contributed by atoms with van der Waals surface area (Å²) in [6.07, 6.45) is 0.707. The number of hydrogen-bond acceptors (Lipinski definition) is 5. The van der Waals surface area contributed by atoms with Crippen LogP contribution in [0.25, 0.3) is 0 Å². The van der Waals surface area contributed by atoms with Gasteiger partial charge in [0, 0.05) is 17.2 Å². The summed E-state index contributed by atoms with van der Waals surface area (Å²) in [5.74, 6) is -2.18.